The molecule has 7 atom stereocenters. The Balaban J connectivity index is 1.59. The summed E-state index contributed by atoms with van der Waals surface area (Å²) in [5.41, 5.74) is 0.912. The largest absolute Gasteiger partial charge is 0.366 e. The number of hydrogen-bond donors (Lipinski definition) is 0. The summed E-state index contributed by atoms with van der Waals surface area (Å²) in [6.07, 6.45) is 6.71. The quantitative estimate of drug-likeness (QED) is 0.506. The minimum atomic E-state index is 0.0237. The first-order valence-corrected chi connectivity index (χ1v) is 8.90. The number of allylic oxidation sites excluding steroid dienone is 1. The predicted octanol–water partition coefficient (Wildman–Crippen LogP) is 3.66. The van der Waals surface area contributed by atoms with Crippen LogP contribution < -0.4 is 0 Å². The van der Waals surface area contributed by atoms with E-state index in [1.54, 1.807) is 0 Å². The van der Waals surface area contributed by atoms with Crippen LogP contribution in [0.2, 0.25) is 0 Å². The Labute approximate surface area is 133 Å². The molecule has 3 heteroatoms. The smallest absolute Gasteiger partial charge is 0.158 e. The van der Waals surface area contributed by atoms with Crippen LogP contribution in [0, 0.1) is 17.8 Å². The molecular formula is C19H28O3. The molecule has 0 aromatic heterocycles. The number of carbonyl (C=O) groups is 1. The van der Waals surface area contributed by atoms with Crippen LogP contribution in [0.1, 0.15) is 59.3 Å². The van der Waals surface area contributed by atoms with Gasteiger partial charge in [0.1, 0.15) is 0 Å². The first kappa shape index (κ1) is 14.9. The summed E-state index contributed by atoms with van der Waals surface area (Å²) in [5, 5.41) is 0. The zero-order valence-corrected chi connectivity index (χ0v) is 14.1. The van der Waals surface area contributed by atoms with Crippen LogP contribution in [0.5, 0.6) is 0 Å². The molecule has 0 amide bonds. The molecule has 4 aliphatic rings. The van der Waals surface area contributed by atoms with E-state index in [4.69, 9.17) is 9.47 Å². The van der Waals surface area contributed by atoms with Crippen molar-refractivity contribution in [1.82, 2.24) is 0 Å². The molecule has 22 heavy (non-hydrogen) atoms. The van der Waals surface area contributed by atoms with Crippen molar-refractivity contribution in [3.8, 4) is 0 Å². The van der Waals surface area contributed by atoms with Gasteiger partial charge in [0.15, 0.2) is 5.78 Å². The predicted molar refractivity (Wildman–Crippen MR) is 84.5 cm³/mol. The van der Waals surface area contributed by atoms with Crippen LogP contribution in [-0.4, -0.2) is 29.2 Å². The van der Waals surface area contributed by atoms with Crippen LogP contribution in [0.25, 0.3) is 0 Å². The Kier molecular flexibility index (Phi) is 3.16. The molecule has 2 bridgehead atoms. The lowest BCUT2D eigenvalue weighted by Crippen LogP contribution is -2.35. The molecule has 0 aromatic carbocycles. The maximum atomic E-state index is 12.4. The molecule has 122 valence electrons. The van der Waals surface area contributed by atoms with Gasteiger partial charge >= 0.3 is 0 Å². The Morgan fingerprint density at radius 1 is 1.09 bits per heavy atom. The lowest BCUT2D eigenvalue weighted by Gasteiger charge is -2.37. The topological polar surface area (TPSA) is 42.1 Å². The van der Waals surface area contributed by atoms with Crippen molar-refractivity contribution in [2.24, 2.45) is 17.8 Å². The molecule has 2 heterocycles. The number of carbonyl (C=O) groups excluding carboxylic acids is 1. The van der Waals surface area contributed by atoms with Gasteiger partial charge in [0.2, 0.25) is 0 Å². The third-order valence-corrected chi connectivity index (χ3v) is 7.07. The summed E-state index contributed by atoms with van der Waals surface area (Å²) < 4.78 is 12.0. The fourth-order valence-electron chi connectivity index (χ4n) is 4.96. The van der Waals surface area contributed by atoms with E-state index in [9.17, 15) is 4.79 Å². The van der Waals surface area contributed by atoms with E-state index >= 15 is 0 Å². The highest BCUT2D eigenvalue weighted by Crippen LogP contribution is 2.53. The molecule has 7 unspecified atom stereocenters. The minimum Gasteiger partial charge on any atom is -0.366 e. The fourth-order valence-corrected chi connectivity index (χ4v) is 4.96. The van der Waals surface area contributed by atoms with E-state index in [0.717, 1.165) is 37.7 Å². The Hall–Kier alpha value is -0.670. The van der Waals surface area contributed by atoms with Gasteiger partial charge in [-0.1, -0.05) is 13.5 Å². The number of epoxide rings is 2. The van der Waals surface area contributed by atoms with Gasteiger partial charge in [-0.2, -0.15) is 0 Å². The summed E-state index contributed by atoms with van der Waals surface area (Å²) in [6, 6.07) is 0. The van der Waals surface area contributed by atoms with Crippen molar-refractivity contribution in [2.75, 3.05) is 0 Å². The second kappa shape index (κ2) is 4.67. The van der Waals surface area contributed by atoms with Gasteiger partial charge in [0.25, 0.3) is 0 Å². The molecule has 2 aliphatic carbocycles. The SMILES string of the molecule is C=C1C(=O)CC2CC3OC3(C)CCC3OC3(C)CCC1C2C. The summed E-state index contributed by atoms with van der Waals surface area (Å²) in [7, 11) is 0. The Bertz CT molecular complexity index is 527. The number of ketones is 1. The zero-order chi connectivity index (χ0) is 15.7. The summed E-state index contributed by atoms with van der Waals surface area (Å²) in [4.78, 5) is 12.4. The first-order chi connectivity index (χ1) is 10.3. The normalized spacial score (nSPS) is 54.6. The lowest BCUT2D eigenvalue weighted by atomic mass is 9.66. The van der Waals surface area contributed by atoms with Crippen LogP contribution in [0.15, 0.2) is 12.2 Å². The number of hydrogen-bond acceptors (Lipinski definition) is 3. The van der Waals surface area contributed by atoms with Gasteiger partial charge in [-0.05, 0) is 69.3 Å². The zero-order valence-electron chi connectivity index (χ0n) is 14.1. The van der Waals surface area contributed by atoms with Crippen molar-refractivity contribution in [2.45, 2.75) is 82.7 Å². The monoisotopic (exact) mass is 304 g/mol. The summed E-state index contributed by atoms with van der Waals surface area (Å²) in [5.74, 6) is 1.60. The van der Waals surface area contributed by atoms with E-state index in [0.29, 0.717) is 36.4 Å². The molecule has 0 N–H and O–H groups in total. The van der Waals surface area contributed by atoms with Crippen molar-refractivity contribution in [3.05, 3.63) is 12.2 Å². The van der Waals surface area contributed by atoms with Gasteiger partial charge in [-0.3, -0.25) is 4.79 Å². The Morgan fingerprint density at radius 2 is 1.73 bits per heavy atom. The molecule has 3 nitrogen and oxygen atoms in total. The standard InChI is InChI=1S/C19H28O3/c1-11-13-9-15(20)12(2)14(11)5-7-18(3)16(21-18)6-8-19(4)17(10-13)22-19/h11,13-14,16-17H,2,5-10H2,1,3-4H3. The van der Waals surface area contributed by atoms with Gasteiger partial charge in [-0.25, -0.2) is 0 Å². The first-order valence-electron chi connectivity index (χ1n) is 8.90. The number of Topliss-reactive ketones (excluding diaryl/α,β-unsaturated/α-hetero) is 1. The van der Waals surface area contributed by atoms with E-state index in [1.165, 1.54) is 0 Å². The summed E-state index contributed by atoms with van der Waals surface area (Å²) >= 11 is 0. The maximum Gasteiger partial charge on any atom is 0.158 e. The minimum absolute atomic E-state index is 0.0237. The van der Waals surface area contributed by atoms with E-state index in [2.05, 4.69) is 27.4 Å². The highest BCUT2D eigenvalue weighted by Gasteiger charge is 2.58. The molecule has 2 aliphatic heterocycles. The van der Waals surface area contributed by atoms with Crippen molar-refractivity contribution < 1.29 is 14.3 Å². The molecule has 4 fully saturated rings. The van der Waals surface area contributed by atoms with Crippen LogP contribution in [0.4, 0.5) is 0 Å². The highest BCUT2D eigenvalue weighted by molar-refractivity contribution is 5.96. The molecular weight excluding hydrogens is 276 g/mol. The second-order valence-corrected chi connectivity index (χ2v) is 8.53. The fraction of sp³-hybridized carbons (Fsp3) is 0.842. The average molecular weight is 304 g/mol. The van der Waals surface area contributed by atoms with Gasteiger partial charge in [0, 0.05) is 6.42 Å². The Morgan fingerprint density at radius 3 is 2.50 bits per heavy atom. The number of rotatable bonds is 0. The maximum absolute atomic E-state index is 12.4. The number of fused-ring (bicyclic) bond motifs is 4. The van der Waals surface area contributed by atoms with Gasteiger partial charge < -0.3 is 9.47 Å². The molecule has 2 saturated carbocycles. The van der Waals surface area contributed by atoms with E-state index in [-0.39, 0.29) is 17.0 Å². The molecule has 0 aromatic rings. The second-order valence-electron chi connectivity index (χ2n) is 8.53. The lowest BCUT2D eigenvalue weighted by molar-refractivity contribution is -0.119. The van der Waals surface area contributed by atoms with Crippen molar-refractivity contribution in [1.29, 1.82) is 0 Å². The third-order valence-electron chi connectivity index (χ3n) is 7.07. The number of ether oxygens (including phenoxy) is 2. The van der Waals surface area contributed by atoms with Crippen LogP contribution in [-0.2, 0) is 14.3 Å². The average Bonchev–Trinajstić information content (AvgIpc) is 3.30. The molecule has 4 rings (SSSR count). The van der Waals surface area contributed by atoms with E-state index in [1.807, 2.05) is 0 Å². The third kappa shape index (κ3) is 2.28. The van der Waals surface area contributed by atoms with Crippen molar-refractivity contribution in [3.63, 3.8) is 0 Å². The van der Waals surface area contributed by atoms with Crippen LogP contribution in [0.3, 0.4) is 0 Å². The van der Waals surface area contributed by atoms with E-state index < -0.39 is 0 Å². The molecule has 2 saturated heterocycles. The molecule has 0 radical (unpaired) electrons. The summed E-state index contributed by atoms with van der Waals surface area (Å²) in [6.45, 7) is 10.9. The van der Waals surface area contributed by atoms with Gasteiger partial charge in [0.05, 0.1) is 23.4 Å². The highest BCUT2D eigenvalue weighted by atomic mass is 16.6. The molecule has 0 spiro atoms. The van der Waals surface area contributed by atoms with Crippen LogP contribution >= 0.6 is 0 Å². The van der Waals surface area contributed by atoms with Gasteiger partial charge in [-0.15, -0.1) is 0 Å². The van der Waals surface area contributed by atoms with Crippen molar-refractivity contribution >= 4 is 5.78 Å².